The van der Waals surface area contributed by atoms with Gasteiger partial charge in [-0.1, -0.05) is 36.4 Å². The molecule has 2 saturated heterocycles. The number of allylic oxidation sites excluding steroid dienone is 1. The number of ether oxygens (including phenoxy) is 4. The zero-order chi connectivity index (χ0) is 16.4. The smallest absolute Gasteiger partial charge is 0.186 e. The van der Waals surface area contributed by atoms with Crippen LogP contribution in [-0.2, 0) is 18.9 Å². The lowest BCUT2D eigenvalue weighted by atomic mass is 9.77. The molecular weight excluding hydrogens is 296 g/mol. The van der Waals surface area contributed by atoms with E-state index in [-0.39, 0.29) is 18.1 Å². The lowest BCUT2D eigenvalue weighted by Crippen LogP contribution is -2.64. The van der Waals surface area contributed by atoms with E-state index >= 15 is 0 Å². The minimum Gasteiger partial charge on any atom is -0.384 e. The van der Waals surface area contributed by atoms with Crippen LogP contribution in [0.4, 0.5) is 0 Å². The van der Waals surface area contributed by atoms with Gasteiger partial charge in [0.1, 0.15) is 11.7 Å². The van der Waals surface area contributed by atoms with Gasteiger partial charge in [0.2, 0.25) is 0 Å². The van der Waals surface area contributed by atoms with Gasteiger partial charge in [0.25, 0.3) is 0 Å². The van der Waals surface area contributed by atoms with Gasteiger partial charge in [0.15, 0.2) is 12.6 Å². The summed E-state index contributed by atoms with van der Waals surface area (Å²) in [5, 5.41) is 10.9. The topological polar surface area (TPSA) is 57.2 Å². The van der Waals surface area contributed by atoms with Crippen LogP contribution >= 0.6 is 0 Å². The van der Waals surface area contributed by atoms with Gasteiger partial charge in [0, 0.05) is 18.6 Å². The molecule has 0 aromatic heterocycles. The maximum atomic E-state index is 10.9. The van der Waals surface area contributed by atoms with Crippen LogP contribution in [-0.4, -0.2) is 42.9 Å². The molecule has 5 heteroatoms. The Morgan fingerprint density at radius 2 is 2.09 bits per heavy atom. The first-order valence-electron chi connectivity index (χ1n) is 7.91. The van der Waals surface area contributed by atoms with Gasteiger partial charge in [-0.2, -0.15) is 0 Å². The van der Waals surface area contributed by atoms with Crippen molar-refractivity contribution in [3.05, 3.63) is 48.6 Å². The Morgan fingerprint density at radius 1 is 1.35 bits per heavy atom. The van der Waals surface area contributed by atoms with Gasteiger partial charge >= 0.3 is 0 Å². The molecule has 0 bridgehead atoms. The third kappa shape index (κ3) is 3.07. The van der Waals surface area contributed by atoms with Crippen molar-refractivity contribution in [2.24, 2.45) is 5.92 Å². The molecule has 1 N–H and O–H groups in total. The predicted molar refractivity (Wildman–Crippen MR) is 84.6 cm³/mol. The molecule has 1 aromatic rings. The van der Waals surface area contributed by atoms with Gasteiger partial charge in [-0.05, 0) is 13.3 Å². The molecular formula is C18H24O5. The van der Waals surface area contributed by atoms with Gasteiger partial charge in [-0.3, -0.25) is 0 Å². The number of methoxy groups -OCH3 is 1. The Bertz CT molecular complexity index is 529. The predicted octanol–water partition coefficient (Wildman–Crippen LogP) is 2.42. The molecule has 2 heterocycles. The summed E-state index contributed by atoms with van der Waals surface area (Å²) in [4.78, 5) is 0. The van der Waals surface area contributed by atoms with Crippen molar-refractivity contribution in [2.75, 3.05) is 13.7 Å². The molecule has 0 saturated carbocycles. The van der Waals surface area contributed by atoms with Crippen molar-refractivity contribution in [3.8, 4) is 0 Å². The highest BCUT2D eigenvalue weighted by molar-refractivity contribution is 5.17. The van der Waals surface area contributed by atoms with E-state index < -0.39 is 18.2 Å². The Kier molecular flexibility index (Phi) is 4.85. The normalized spacial score (nSPS) is 40.4. The quantitative estimate of drug-likeness (QED) is 0.864. The van der Waals surface area contributed by atoms with Crippen molar-refractivity contribution in [2.45, 2.75) is 43.7 Å². The summed E-state index contributed by atoms with van der Waals surface area (Å²) in [7, 11) is 1.53. The van der Waals surface area contributed by atoms with E-state index in [1.807, 2.05) is 30.3 Å². The molecule has 126 valence electrons. The fourth-order valence-electron chi connectivity index (χ4n) is 3.45. The van der Waals surface area contributed by atoms with E-state index in [0.29, 0.717) is 13.0 Å². The molecule has 1 aromatic carbocycles. The highest BCUT2D eigenvalue weighted by atomic mass is 16.7. The van der Waals surface area contributed by atoms with E-state index in [1.165, 1.54) is 7.11 Å². The van der Waals surface area contributed by atoms with Gasteiger partial charge in [-0.15, -0.1) is 6.58 Å². The number of rotatable bonds is 4. The van der Waals surface area contributed by atoms with E-state index in [2.05, 4.69) is 6.58 Å². The third-order valence-corrected chi connectivity index (χ3v) is 4.69. The summed E-state index contributed by atoms with van der Waals surface area (Å²) >= 11 is 0. The summed E-state index contributed by atoms with van der Waals surface area (Å²) < 4.78 is 23.2. The zero-order valence-corrected chi connectivity index (χ0v) is 13.6. The first-order valence-corrected chi connectivity index (χ1v) is 7.91. The van der Waals surface area contributed by atoms with Gasteiger partial charge in [0.05, 0.1) is 12.7 Å². The molecule has 6 atom stereocenters. The van der Waals surface area contributed by atoms with Crippen molar-refractivity contribution in [1.82, 2.24) is 0 Å². The lowest BCUT2D eigenvalue weighted by molar-refractivity contribution is -0.371. The number of benzene rings is 1. The van der Waals surface area contributed by atoms with E-state index in [9.17, 15) is 5.11 Å². The van der Waals surface area contributed by atoms with Crippen LogP contribution in [0.25, 0.3) is 0 Å². The standard InChI is InChI=1S/C18H24O5/c1-4-8-13-15-14(22-17(20-3)18(13,2)19)11-21-16(23-15)12-9-6-5-7-10-12/h4-7,9-10,13-17,19H,1,8,11H2,2-3H3/t13-,14+,15-,16+,17-,18+/m0/s1. The average Bonchev–Trinajstić information content (AvgIpc) is 2.57. The second kappa shape index (κ2) is 6.71. The second-order valence-corrected chi connectivity index (χ2v) is 6.28. The van der Waals surface area contributed by atoms with Crippen LogP contribution in [0.1, 0.15) is 25.2 Å². The molecule has 0 unspecified atom stereocenters. The van der Waals surface area contributed by atoms with E-state index in [0.717, 1.165) is 5.56 Å². The summed E-state index contributed by atoms with van der Waals surface area (Å²) in [5.41, 5.74) is -0.209. The highest BCUT2D eigenvalue weighted by Crippen LogP contribution is 2.43. The maximum absolute atomic E-state index is 10.9. The van der Waals surface area contributed by atoms with Crippen molar-refractivity contribution in [3.63, 3.8) is 0 Å². The molecule has 0 aliphatic carbocycles. The fraction of sp³-hybridized carbons (Fsp3) is 0.556. The summed E-state index contributed by atoms with van der Waals surface area (Å²) in [6, 6.07) is 9.78. The SMILES string of the molecule is C=CC[C@H]1[C@@H]2O[C@H](c3ccccc3)OC[C@H]2O[C@H](OC)[C@]1(C)O. The summed E-state index contributed by atoms with van der Waals surface area (Å²) in [5.74, 6) is -0.182. The van der Waals surface area contributed by atoms with Crippen LogP contribution in [0.5, 0.6) is 0 Å². The Hall–Kier alpha value is -1.24. The van der Waals surface area contributed by atoms with Crippen LogP contribution < -0.4 is 0 Å². The fourth-order valence-corrected chi connectivity index (χ4v) is 3.45. The summed E-state index contributed by atoms with van der Waals surface area (Å²) in [6.45, 7) is 5.93. The minimum atomic E-state index is -1.16. The third-order valence-electron chi connectivity index (χ3n) is 4.69. The number of fused-ring (bicyclic) bond motifs is 1. The van der Waals surface area contributed by atoms with E-state index in [4.69, 9.17) is 18.9 Å². The second-order valence-electron chi connectivity index (χ2n) is 6.28. The van der Waals surface area contributed by atoms with Gasteiger partial charge < -0.3 is 24.1 Å². The molecule has 3 rings (SSSR count). The number of aliphatic hydroxyl groups is 1. The zero-order valence-electron chi connectivity index (χ0n) is 13.6. The van der Waals surface area contributed by atoms with Crippen molar-refractivity contribution < 1.29 is 24.1 Å². The monoisotopic (exact) mass is 320 g/mol. The largest absolute Gasteiger partial charge is 0.384 e. The van der Waals surface area contributed by atoms with Crippen LogP contribution in [0.2, 0.25) is 0 Å². The van der Waals surface area contributed by atoms with Crippen molar-refractivity contribution >= 4 is 0 Å². The van der Waals surface area contributed by atoms with E-state index in [1.54, 1.807) is 13.0 Å². The van der Waals surface area contributed by atoms with Gasteiger partial charge in [-0.25, -0.2) is 0 Å². The number of hydrogen-bond donors (Lipinski definition) is 1. The maximum Gasteiger partial charge on any atom is 0.186 e. The molecule has 5 nitrogen and oxygen atoms in total. The van der Waals surface area contributed by atoms with Crippen molar-refractivity contribution in [1.29, 1.82) is 0 Å². The summed E-state index contributed by atoms with van der Waals surface area (Å²) in [6.07, 6.45) is 0.680. The average molecular weight is 320 g/mol. The lowest BCUT2D eigenvalue weighted by Gasteiger charge is -2.52. The molecule has 2 fully saturated rings. The minimum absolute atomic E-state index is 0.182. The molecule has 0 spiro atoms. The van der Waals surface area contributed by atoms with Crippen LogP contribution in [0.3, 0.4) is 0 Å². The van der Waals surface area contributed by atoms with Crippen LogP contribution in [0.15, 0.2) is 43.0 Å². The Labute approximate surface area is 136 Å². The Balaban J connectivity index is 1.84. The molecule has 2 aliphatic rings. The molecule has 23 heavy (non-hydrogen) atoms. The molecule has 0 radical (unpaired) electrons. The first kappa shape index (κ1) is 16.6. The number of hydrogen-bond acceptors (Lipinski definition) is 5. The highest BCUT2D eigenvalue weighted by Gasteiger charge is 2.55. The Morgan fingerprint density at radius 3 is 2.74 bits per heavy atom. The molecule has 0 amide bonds. The van der Waals surface area contributed by atoms with Crippen LogP contribution in [0, 0.1) is 5.92 Å². The molecule has 2 aliphatic heterocycles. The first-order chi connectivity index (χ1) is 11.1.